The number of hydrogen-bond donors (Lipinski definition) is 1. The van der Waals surface area contributed by atoms with Crippen LogP contribution in [0.4, 0.5) is 10.1 Å². The lowest BCUT2D eigenvalue weighted by Gasteiger charge is -2.22. The zero-order valence-electron chi connectivity index (χ0n) is 22.3. The van der Waals surface area contributed by atoms with Crippen LogP contribution in [0.15, 0.2) is 48.5 Å². The third-order valence-electron chi connectivity index (χ3n) is 6.62. The highest BCUT2D eigenvalue weighted by Gasteiger charge is 2.29. The highest BCUT2D eigenvalue weighted by Crippen LogP contribution is 2.39. The van der Waals surface area contributed by atoms with Crippen molar-refractivity contribution in [3.8, 4) is 0 Å². The molecule has 2 heterocycles. The summed E-state index contributed by atoms with van der Waals surface area (Å²) in [6.07, 6.45) is 5.46. The zero-order chi connectivity index (χ0) is 25.8. The molecule has 4 nitrogen and oxygen atoms in total. The fraction of sp³-hybridized carbons (Fsp3) is 0.500. The van der Waals surface area contributed by atoms with Crippen molar-refractivity contribution in [1.82, 2.24) is 4.98 Å². The summed E-state index contributed by atoms with van der Waals surface area (Å²) in [6, 6.07) is 15.5. The Kier molecular flexibility index (Phi) is 12.0. The Labute approximate surface area is 210 Å². The number of aldehydes is 1. The summed E-state index contributed by atoms with van der Waals surface area (Å²) < 4.78 is 19.3. The molecule has 1 saturated heterocycles. The maximum absolute atomic E-state index is 14.0. The molecule has 0 bridgehead atoms. The first-order chi connectivity index (χ1) is 16.9. The number of fused-ring (bicyclic) bond motifs is 1. The van der Waals surface area contributed by atoms with Crippen LogP contribution >= 0.6 is 0 Å². The van der Waals surface area contributed by atoms with Crippen molar-refractivity contribution in [2.24, 2.45) is 11.8 Å². The van der Waals surface area contributed by atoms with Crippen molar-refractivity contribution in [2.75, 3.05) is 32.2 Å². The first-order valence-corrected chi connectivity index (χ1v) is 13.0. The molecule has 2 atom stereocenters. The Morgan fingerprint density at radius 2 is 1.71 bits per heavy atom. The molecule has 0 spiro atoms. The van der Waals surface area contributed by atoms with E-state index in [9.17, 15) is 9.18 Å². The Morgan fingerprint density at radius 3 is 2.17 bits per heavy atom. The maximum Gasteiger partial charge on any atom is 0.166 e. The summed E-state index contributed by atoms with van der Waals surface area (Å²) in [4.78, 5) is 15.6. The topological polar surface area (TPSA) is 45.3 Å². The van der Waals surface area contributed by atoms with E-state index in [-0.39, 0.29) is 5.82 Å². The number of halogens is 1. The molecule has 0 radical (unpaired) electrons. The summed E-state index contributed by atoms with van der Waals surface area (Å²) >= 11 is 0. The summed E-state index contributed by atoms with van der Waals surface area (Å²) in [6.45, 7) is 10.1. The van der Waals surface area contributed by atoms with Gasteiger partial charge in [-0.15, -0.1) is 0 Å². The number of carbonyl (C=O) groups excluding carboxylic acids is 1. The van der Waals surface area contributed by atoms with Gasteiger partial charge in [0.2, 0.25) is 0 Å². The molecule has 35 heavy (non-hydrogen) atoms. The van der Waals surface area contributed by atoms with Crippen molar-refractivity contribution >= 4 is 22.9 Å². The molecule has 0 amide bonds. The molecule has 192 valence electrons. The van der Waals surface area contributed by atoms with Crippen molar-refractivity contribution in [3.05, 3.63) is 65.6 Å². The van der Waals surface area contributed by atoms with Crippen LogP contribution in [0.3, 0.4) is 0 Å². The minimum Gasteiger partial charge on any atom is -0.381 e. The number of carbonyl (C=O) groups is 1. The number of hydrogen-bond acceptors (Lipinski definition) is 3. The number of aromatic nitrogens is 1. The highest BCUT2D eigenvalue weighted by atomic mass is 19.1. The van der Waals surface area contributed by atoms with Gasteiger partial charge in [0, 0.05) is 38.4 Å². The summed E-state index contributed by atoms with van der Waals surface area (Å²) in [5.74, 6) is 2.23. The van der Waals surface area contributed by atoms with E-state index in [1.165, 1.54) is 18.5 Å². The van der Waals surface area contributed by atoms with Gasteiger partial charge in [-0.2, -0.15) is 0 Å². The molecule has 1 aliphatic carbocycles. The minimum atomic E-state index is -0.290. The van der Waals surface area contributed by atoms with Crippen LogP contribution < -0.4 is 4.90 Å². The van der Waals surface area contributed by atoms with Gasteiger partial charge in [-0.05, 0) is 72.9 Å². The number of anilines is 1. The maximum atomic E-state index is 14.0. The molecule has 1 N–H and O–H groups in total. The molecular formula is C30H43FN2O2. The van der Waals surface area contributed by atoms with E-state index in [2.05, 4.69) is 35.9 Å². The van der Waals surface area contributed by atoms with Crippen LogP contribution in [0.1, 0.15) is 75.3 Å². The van der Waals surface area contributed by atoms with Crippen molar-refractivity contribution in [2.45, 2.75) is 59.3 Å². The number of nitrogens with one attached hydrogen (secondary N) is 1. The number of rotatable bonds is 4. The minimum absolute atomic E-state index is 0.290. The van der Waals surface area contributed by atoms with E-state index in [0.717, 1.165) is 48.8 Å². The molecule has 5 rings (SSSR count). The molecular weight excluding hydrogens is 439 g/mol. The van der Waals surface area contributed by atoms with Crippen LogP contribution in [0.2, 0.25) is 0 Å². The predicted molar refractivity (Wildman–Crippen MR) is 146 cm³/mol. The SMILES string of the molecule is CC.CCC1CC1C.CN(C)c1ccccc1.O=Cc1cc2cc(C3CCOCC3)cc(F)c2[nH]1. The van der Waals surface area contributed by atoms with Gasteiger partial charge in [0.15, 0.2) is 6.29 Å². The monoisotopic (exact) mass is 482 g/mol. The number of ether oxygens (including phenoxy) is 1. The second-order valence-corrected chi connectivity index (χ2v) is 9.31. The third-order valence-corrected chi connectivity index (χ3v) is 6.62. The zero-order valence-corrected chi connectivity index (χ0v) is 22.3. The smallest absolute Gasteiger partial charge is 0.166 e. The van der Waals surface area contributed by atoms with Crippen LogP contribution in [0.5, 0.6) is 0 Å². The standard InChI is InChI=1S/C14H14FNO2.C8H11N.C6H12.C2H6/c15-13-7-10(9-1-3-18-4-2-9)5-11-6-12(8-17)16-14(11)13;1-9(2)8-6-4-3-5-7-8;1-3-6-4-5(6)2;1-2/h5-9,16H,1-4H2;3-7H,1-2H3;5-6H,3-4H2,1-2H3;1-2H3. The quantitative estimate of drug-likeness (QED) is 0.385. The summed E-state index contributed by atoms with van der Waals surface area (Å²) in [7, 11) is 4.07. The molecule has 1 aliphatic heterocycles. The average Bonchev–Trinajstić information content (AvgIpc) is 3.46. The van der Waals surface area contributed by atoms with Crippen molar-refractivity contribution in [3.63, 3.8) is 0 Å². The molecule has 2 fully saturated rings. The molecule has 1 saturated carbocycles. The lowest BCUT2D eigenvalue weighted by atomic mass is 9.91. The van der Waals surface area contributed by atoms with E-state index < -0.39 is 0 Å². The van der Waals surface area contributed by atoms with Crippen molar-refractivity contribution < 1.29 is 13.9 Å². The summed E-state index contributed by atoms with van der Waals surface area (Å²) in [5.41, 5.74) is 3.07. The number of para-hydroxylation sites is 1. The molecule has 5 heteroatoms. The third kappa shape index (κ3) is 8.81. The number of H-pyrrole nitrogens is 1. The van der Waals surface area contributed by atoms with E-state index in [1.807, 2.05) is 52.2 Å². The van der Waals surface area contributed by atoms with Crippen molar-refractivity contribution in [1.29, 1.82) is 0 Å². The molecule has 1 aromatic heterocycles. The van der Waals surface area contributed by atoms with Crippen LogP contribution in [-0.2, 0) is 4.74 Å². The van der Waals surface area contributed by atoms with E-state index in [4.69, 9.17) is 4.74 Å². The van der Waals surface area contributed by atoms with Crippen LogP contribution in [0.25, 0.3) is 10.9 Å². The fourth-order valence-corrected chi connectivity index (χ4v) is 4.27. The van der Waals surface area contributed by atoms with Crippen LogP contribution in [0, 0.1) is 17.7 Å². The molecule has 2 aromatic carbocycles. The largest absolute Gasteiger partial charge is 0.381 e. The Bertz CT molecular complexity index is 1010. The van der Waals surface area contributed by atoms with Gasteiger partial charge >= 0.3 is 0 Å². The van der Waals surface area contributed by atoms with Gasteiger partial charge in [-0.1, -0.05) is 52.3 Å². The molecule has 3 aromatic rings. The number of aromatic amines is 1. The van der Waals surface area contributed by atoms with Gasteiger partial charge in [0.25, 0.3) is 0 Å². The Balaban J connectivity index is 0.000000211. The van der Waals surface area contributed by atoms with E-state index >= 15 is 0 Å². The number of nitrogens with zero attached hydrogens (tertiary/aromatic N) is 1. The highest BCUT2D eigenvalue weighted by molar-refractivity contribution is 5.88. The molecule has 2 aliphatic rings. The van der Waals surface area contributed by atoms with Gasteiger partial charge in [0.05, 0.1) is 11.2 Å². The lowest BCUT2D eigenvalue weighted by molar-refractivity contribution is 0.0853. The summed E-state index contributed by atoms with van der Waals surface area (Å²) in [5, 5.41) is 0.763. The first-order valence-electron chi connectivity index (χ1n) is 13.0. The lowest BCUT2D eigenvalue weighted by Crippen LogP contribution is -2.14. The number of benzene rings is 2. The van der Waals surface area contributed by atoms with E-state index in [0.29, 0.717) is 23.4 Å². The average molecular weight is 483 g/mol. The fourth-order valence-electron chi connectivity index (χ4n) is 4.27. The predicted octanol–water partition coefficient (Wildman–Crippen LogP) is 7.84. The van der Waals surface area contributed by atoms with Crippen LogP contribution in [-0.4, -0.2) is 38.6 Å². The van der Waals surface area contributed by atoms with Gasteiger partial charge in [0.1, 0.15) is 5.82 Å². The second-order valence-electron chi connectivity index (χ2n) is 9.31. The Hall–Kier alpha value is -2.66. The van der Waals surface area contributed by atoms with Gasteiger partial charge in [-0.25, -0.2) is 4.39 Å². The van der Waals surface area contributed by atoms with E-state index in [1.54, 1.807) is 12.1 Å². The normalized spacial score (nSPS) is 18.7. The molecule has 2 unspecified atom stereocenters. The van der Waals surface area contributed by atoms with Gasteiger partial charge in [-0.3, -0.25) is 4.79 Å². The first kappa shape index (κ1) is 28.6. The second kappa shape index (κ2) is 14.7. The van der Waals surface area contributed by atoms with Gasteiger partial charge < -0.3 is 14.6 Å². The Morgan fingerprint density at radius 1 is 1.09 bits per heavy atom.